The number of aromatic nitrogens is 3. The topological polar surface area (TPSA) is 30.9 Å². The summed E-state index contributed by atoms with van der Waals surface area (Å²) in [6.45, 7) is 0. The Labute approximate surface area is 219 Å². The van der Waals surface area contributed by atoms with Gasteiger partial charge in [-0.25, -0.2) is 9.13 Å². The van der Waals surface area contributed by atoms with Gasteiger partial charge in [-0.05, 0) is 52.1 Å². The number of pyridine rings is 1. The van der Waals surface area contributed by atoms with Gasteiger partial charge in [-0.2, -0.15) is 0 Å². The lowest BCUT2D eigenvalue weighted by Crippen LogP contribution is -2.29. The van der Waals surface area contributed by atoms with Crippen LogP contribution in [0.25, 0.3) is 16.8 Å². The Bertz CT molecular complexity index is 1690. The van der Waals surface area contributed by atoms with Gasteiger partial charge in [-0.1, -0.05) is 66.7 Å². The Hall–Kier alpha value is -4.48. The quantitative estimate of drug-likeness (QED) is 0.241. The molecule has 37 heavy (non-hydrogen) atoms. The fourth-order valence-electron chi connectivity index (χ4n) is 5.56. The number of thiophene rings is 1. The van der Waals surface area contributed by atoms with E-state index in [1.165, 1.54) is 22.3 Å². The molecule has 0 saturated carbocycles. The molecule has 0 N–H and O–H groups in total. The lowest BCUT2D eigenvalue weighted by atomic mass is 9.70. The van der Waals surface area contributed by atoms with Crippen molar-refractivity contribution in [3.63, 3.8) is 0 Å². The summed E-state index contributed by atoms with van der Waals surface area (Å²) in [7, 11) is 2.02. The van der Waals surface area contributed by atoms with Crippen LogP contribution in [0.3, 0.4) is 0 Å². The number of imidazole rings is 1. The molecule has 3 aromatic carbocycles. The molecule has 1 aliphatic carbocycles. The SMILES string of the molecule is C[n+]1ccn(-c2csc(Oc3cccc(C4(c5ccccn5)c5ccccc5-c5ccccc54)c3)c2)c1. The van der Waals surface area contributed by atoms with Crippen LogP contribution >= 0.6 is 11.3 Å². The van der Waals surface area contributed by atoms with Crippen molar-refractivity contribution in [3.8, 4) is 27.6 Å². The molecule has 0 fully saturated rings. The highest BCUT2D eigenvalue weighted by Gasteiger charge is 2.47. The van der Waals surface area contributed by atoms with Crippen molar-refractivity contribution in [3.05, 3.63) is 150 Å². The fraction of sp³-hybridized carbons (Fsp3) is 0.0625. The summed E-state index contributed by atoms with van der Waals surface area (Å²) >= 11 is 1.59. The highest BCUT2D eigenvalue weighted by Crippen LogP contribution is 2.55. The molecule has 3 aromatic heterocycles. The first-order chi connectivity index (χ1) is 18.2. The van der Waals surface area contributed by atoms with Gasteiger partial charge in [-0.15, -0.1) is 11.3 Å². The van der Waals surface area contributed by atoms with Gasteiger partial charge in [0.1, 0.15) is 23.8 Å². The van der Waals surface area contributed by atoms with E-state index in [0.717, 1.165) is 27.8 Å². The Morgan fingerprint density at radius 3 is 2.30 bits per heavy atom. The van der Waals surface area contributed by atoms with Crippen molar-refractivity contribution in [1.82, 2.24) is 9.55 Å². The average Bonchev–Trinajstić information content (AvgIpc) is 3.66. The summed E-state index contributed by atoms with van der Waals surface area (Å²) in [6, 6.07) is 34.1. The van der Waals surface area contributed by atoms with E-state index in [1.54, 1.807) is 11.3 Å². The van der Waals surface area contributed by atoms with Crippen molar-refractivity contribution < 1.29 is 9.30 Å². The highest BCUT2D eigenvalue weighted by atomic mass is 32.1. The van der Waals surface area contributed by atoms with Gasteiger partial charge in [0.25, 0.3) is 0 Å². The molecule has 0 bridgehead atoms. The lowest BCUT2D eigenvalue weighted by molar-refractivity contribution is -0.670. The van der Waals surface area contributed by atoms with Gasteiger partial charge in [0, 0.05) is 17.6 Å². The Kier molecular flexibility index (Phi) is 5.05. The van der Waals surface area contributed by atoms with Crippen LogP contribution in [-0.2, 0) is 12.5 Å². The van der Waals surface area contributed by atoms with Gasteiger partial charge < -0.3 is 4.74 Å². The zero-order valence-electron chi connectivity index (χ0n) is 20.3. The van der Waals surface area contributed by atoms with Gasteiger partial charge >= 0.3 is 0 Å². The van der Waals surface area contributed by atoms with Crippen LogP contribution in [0.2, 0.25) is 0 Å². The van der Waals surface area contributed by atoms with Gasteiger partial charge in [0.05, 0.1) is 18.2 Å². The van der Waals surface area contributed by atoms with Crippen molar-refractivity contribution in [2.45, 2.75) is 5.41 Å². The Balaban J connectivity index is 1.37. The van der Waals surface area contributed by atoms with E-state index >= 15 is 0 Å². The number of hydrogen-bond acceptors (Lipinski definition) is 3. The number of nitrogens with zero attached hydrogens (tertiary/aromatic N) is 3. The lowest BCUT2D eigenvalue weighted by Gasteiger charge is -2.32. The summed E-state index contributed by atoms with van der Waals surface area (Å²) in [5.74, 6) is 0.807. The summed E-state index contributed by atoms with van der Waals surface area (Å²) in [5.41, 5.74) is 7.67. The summed E-state index contributed by atoms with van der Waals surface area (Å²) in [6.07, 6.45) is 7.99. The van der Waals surface area contributed by atoms with Crippen LogP contribution in [0.15, 0.2) is 127 Å². The average molecular weight is 499 g/mol. The first-order valence-corrected chi connectivity index (χ1v) is 13.1. The largest absolute Gasteiger partial charge is 0.447 e. The summed E-state index contributed by atoms with van der Waals surface area (Å²) in [4.78, 5) is 4.92. The fourth-order valence-corrected chi connectivity index (χ4v) is 6.32. The molecule has 0 spiro atoms. The van der Waals surface area contributed by atoms with Crippen LogP contribution < -0.4 is 9.30 Å². The van der Waals surface area contributed by atoms with E-state index in [9.17, 15) is 0 Å². The number of aryl methyl sites for hydroxylation is 1. The molecule has 1 aliphatic rings. The van der Waals surface area contributed by atoms with Crippen molar-refractivity contribution in [2.24, 2.45) is 7.05 Å². The second-order valence-electron chi connectivity index (χ2n) is 9.30. The van der Waals surface area contributed by atoms with E-state index in [0.29, 0.717) is 0 Å². The normalized spacial score (nSPS) is 13.2. The molecule has 3 heterocycles. The van der Waals surface area contributed by atoms with Crippen LogP contribution in [-0.4, -0.2) is 9.55 Å². The van der Waals surface area contributed by atoms with Crippen molar-refractivity contribution in [1.29, 1.82) is 0 Å². The minimum atomic E-state index is -0.533. The van der Waals surface area contributed by atoms with Crippen LogP contribution in [0.1, 0.15) is 22.4 Å². The summed E-state index contributed by atoms with van der Waals surface area (Å²) < 4.78 is 10.5. The second kappa shape index (κ2) is 8.57. The molecule has 7 rings (SSSR count). The molecule has 0 atom stereocenters. The van der Waals surface area contributed by atoms with E-state index in [2.05, 4.69) is 94.9 Å². The molecule has 0 radical (unpaired) electrons. The predicted molar refractivity (Wildman–Crippen MR) is 146 cm³/mol. The maximum atomic E-state index is 6.42. The number of benzene rings is 3. The maximum absolute atomic E-state index is 6.42. The van der Waals surface area contributed by atoms with E-state index < -0.39 is 5.41 Å². The third-order valence-corrected chi connectivity index (χ3v) is 7.91. The third kappa shape index (κ3) is 3.43. The smallest absolute Gasteiger partial charge is 0.248 e. The first-order valence-electron chi connectivity index (χ1n) is 12.2. The van der Waals surface area contributed by atoms with Crippen molar-refractivity contribution in [2.75, 3.05) is 0 Å². The van der Waals surface area contributed by atoms with E-state index in [1.807, 2.05) is 48.7 Å². The first kappa shape index (κ1) is 21.8. The highest BCUT2D eigenvalue weighted by molar-refractivity contribution is 7.12. The van der Waals surface area contributed by atoms with E-state index in [4.69, 9.17) is 9.72 Å². The molecular formula is C32H24N3OS+. The molecule has 178 valence electrons. The number of rotatable bonds is 5. The minimum absolute atomic E-state index is 0.533. The molecule has 6 aromatic rings. The summed E-state index contributed by atoms with van der Waals surface area (Å²) in [5, 5.41) is 2.96. The molecule has 0 amide bonds. The second-order valence-corrected chi connectivity index (χ2v) is 10.2. The van der Waals surface area contributed by atoms with Crippen LogP contribution in [0.4, 0.5) is 0 Å². The minimum Gasteiger partial charge on any atom is -0.447 e. The monoisotopic (exact) mass is 498 g/mol. The molecular weight excluding hydrogens is 474 g/mol. The number of ether oxygens (including phenoxy) is 1. The van der Waals surface area contributed by atoms with Crippen molar-refractivity contribution >= 4 is 11.3 Å². The van der Waals surface area contributed by atoms with Gasteiger partial charge in [0.2, 0.25) is 6.33 Å². The zero-order chi connectivity index (χ0) is 24.8. The van der Waals surface area contributed by atoms with Gasteiger partial charge in [-0.3, -0.25) is 4.98 Å². The molecule has 0 unspecified atom stereocenters. The molecule has 0 aliphatic heterocycles. The Morgan fingerprint density at radius 1 is 0.838 bits per heavy atom. The maximum Gasteiger partial charge on any atom is 0.248 e. The number of hydrogen-bond donors (Lipinski definition) is 0. The zero-order valence-corrected chi connectivity index (χ0v) is 21.1. The van der Waals surface area contributed by atoms with Gasteiger partial charge in [0.15, 0.2) is 5.06 Å². The third-order valence-electron chi connectivity index (χ3n) is 7.12. The molecule has 4 nitrogen and oxygen atoms in total. The molecule has 0 saturated heterocycles. The molecule has 5 heteroatoms. The standard InChI is InChI=1S/C32H24N3OS/c1-34-17-18-35(22-34)24-20-31(37-21-24)36-25-10-8-9-23(19-25)32(30-15-6-7-16-33-30)28-13-4-2-11-26(28)27-12-3-5-14-29(27)32/h2-22H,1H3/q+1. The van der Waals surface area contributed by atoms with E-state index in [-0.39, 0.29) is 0 Å². The van der Waals surface area contributed by atoms with Crippen LogP contribution in [0, 0.1) is 0 Å². The van der Waals surface area contributed by atoms with Crippen LogP contribution in [0.5, 0.6) is 10.8 Å². The Morgan fingerprint density at radius 2 is 1.59 bits per heavy atom. The predicted octanol–water partition coefficient (Wildman–Crippen LogP) is 6.91. The number of fused-ring (bicyclic) bond motifs is 3.